The largest absolute Gasteiger partial charge is 0.493 e. The van der Waals surface area contributed by atoms with Gasteiger partial charge < -0.3 is 14.8 Å². The number of rotatable bonds is 7. The highest BCUT2D eigenvalue weighted by Crippen LogP contribution is 2.47. The van der Waals surface area contributed by atoms with Crippen LogP contribution in [0.5, 0.6) is 11.5 Å². The second kappa shape index (κ2) is 7.60. The number of carbonyl (C=O) groups excluding carboxylic acids is 1. The Hall–Kier alpha value is -2.82. The molecule has 1 aliphatic rings. The number of methoxy groups -OCH3 is 2. The maximum absolute atomic E-state index is 13.1. The molecule has 2 aromatic carbocycles. The van der Waals surface area contributed by atoms with Crippen molar-refractivity contribution >= 4 is 12.0 Å². The van der Waals surface area contributed by atoms with E-state index in [1.807, 2.05) is 12.1 Å². The quantitative estimate of drug-likeness (QED) is 0.771. The minimum Gasteiger partial charge on any atom is -0.493 e. The highest BCUT2D eigenvalue weighted by atomic mass is 19.1. The zero-order chi connectivity index (χ0) is 18.6. The molecule has 136 valence electrons. The van der Waals surface area contributed by atoms with Gasteiger partial charge in [0.1, 0.15) is 5.82 Å². The maximum atomic E-state index is 13.1. The van der Waals surface area contributed by atoms with Gasteiger partial charge in [0.15, 0.2) is 11.5 Å². The lowest BCUT2D eigenvalue weighted by Gasteiger charge is -2.16. The number of halogens is 1. The minimum atomic E-state index is -0.244. The topological polar surface area (TPSA) is 47.6 Å². The molecule has 1 N–H and O–H groups in total. The van der Waals surface area contributed by atoms with E-state index in [9.17, 15) is 9.18 Å². The Bertz CT molecular complexity index is 811. The van der Waals surface area contributed by atoms with E-state index in [0.29, 0.717) is 18.0 Å². The first-order chi connectivity index (χ1) is 12.6. The van der Waals surface area contributed by atoms with E-state index in [4.69, 9.17) is 9.47 Å². The van der Waals surface area contributed by atoms with Crippen molar-refractivity contribution in [3.63, 3.8) is 0 Å². The second-order valence-corrected chi connectivity index (χ2v) is 6.45. The first-order valence-electron chi connectivity index (χ1n) is 8.50. The molecule has 3 rings (SSSR count). The number of hydrogen-bond donors (Lipinski definition) is 1. The van der Waals surface area contributed by atoms with Crippen molar-refractivity contribution in [3.05, 3.63) is 65.5 Å². The zero-order valence-electron chi connectivity index (χ0n) is 14.9. The molecule has 0 unspecified atom stereocenters. The SMILES string of the molecule is COc1ccc(/C=C/C(=O)NCC2(c3ccc(F)cc3)CC2)cc1OC. The number of amides is 1. The van der Waals surface area contributed by atoms with Crippen molar-refractivity contribution in [1.29, 1.82) is 0 Å². The van der Waals surface area contributed by atoms with Gasteiger partial charge >= 0.3 is 0 Å². The maximum Gasteiger partial charge on any atom is 0.244 e. The molecule has 0 aromatic heterocycles. The summed E-state index contributed by atoms with van der Waals surface area (Å²) in [6.45, 7) is 0.549. The Morgan fingerprint density at radius 3 is 2.42 bits per heavy atom. The van der Waals surface area contributed by atoms with Gasteiger partial charge in [-0.05, 0) is 54.3 Å². The lowest BCUT2D eigenvalue weighted by molar-refractivity contribution is -0.116. The van der Waals surface area contributed by atoms with Crippen molar-refractivity contribution in [2.24, 2.45) is 0 Å². The van der Waals surface area contributed by atoms with Gasteiger partial charge in [-0.25, -0.2) is 4.39 Å². The first kappa shape index (κ1) is 18.0. The standard InChI is InChI=1S/C21H22FNO3/c1-25-18-9-3-15(13-19(18)26-2)4-10-20(24)23-14-21(11-12-21)16-5-7-17(22)8-6-16/h3-10,13H,11-12,14H2,1-2H3,(H,23,24)/b10-4+. The highest BCUT2D eigenvalue weighted by Gasteiger charge is 2.44. The second-order valence-electron chi connectivity index (χ2n) is 6.45. The molecule has 0 spiro atoms. The molecule has 0 bridgehead atoms. The summed E-state index contributed by atoms with van der Waals surface area (Å²) in [6.07, 6.45) is 5.23. The van der Waals surface area contributed by atoms with Crippen LogP contribution in [0, 0.1) is 5.82 Å². The molecule has 0 heterocycles. The fourth-order valence-corrected chi connectivity index (χ4v) is 2.97. The van der Waals surface area contributed by atoms with Crippen molar-refractivity contribution in [2.75, 3.05) is 20.8 Å². The molecule has 0 aliphatic heterocycles. The number of hydrogen-bond acceptors (Lipinski definition) is 3. The van der Waals surface area contributed by atoms with Gasteiger partial charge in [0.25, 0.3) is 0 Å². The highest BCUT2D eigenvalue weighted by molar-refractivity contribution is 5.91. The fourth-order valence-electron chi connectivity index (χ4n) is 2.97. The molecule has 1 aliphatic carbocycles. The monoisotopic (exact) mass is 355 g/mol. The van der Waals surface area contributed by atoms with Crippen LogP contribution in [0.1, 0.15) is 24.0 Å². The molecule has 0 radical (unpaired) electrons. The smallest absolute Gasteiger partial charge is 0.244 e. The predicted molar refractivity (Wildman–Crippen MR) is 98.9 cm³/mol. The van der Waals surface area contributed by atoms with Crippen molar-refractivity contribution in [1.82, 2.24) is 5.32 Å². The van der Waals surface area contributed by atoms with E-state index in [1.165, 1.54) is 18.2 Å². The first-order valence-corrected chi connectivity index (χ1v) is 8.50. The van der Waals surface area contributed by atoms with E-state index < -0.39 is 0 Å². The third kappa shape index (κ3) is 4.04. The third-order valence-electron chi connectivity index (χ3n) is 4.75. The van der Waals surface area contributed by atoms with Crippen LogP contribution in [0.4, 0.5) is 4.39 Å². The lowest BCUT2D eigenvalue weighted by Crippen LogP contribution is -2.31. The van der Waals surface area contributed by atoms with Gasteiger partial charge in [0.05, 0.1) is 14.2 Å². The van der Waals surface area contributed by atoms with Crippen LogP contribution in [0.15, 0.2) is 48.5 Å². The van der Waals surface area contributed by atoms with Gasteiger partial charge in [0.2, 0.25) is 5.91 Å². The molecule has 26 heavy (non-hydrogen) atoms. The van der Waals surface area contributed by atoms with E-state index in [-0.39, 0.29) is 17.1 Å². The van der Waals surface area contributed by atoms with Gasteiger partial charge in [0, 0.05) is 18.0 Å². The summed E-state index contributed by atoms with van der Waals surface area (Å²) in [7, 11) is 3.15. The third-order valence-corrected chi connectivity index (χ3v) is 4.75. The fraction of sp³-hybridized carbons (Fsp3) is 0.286. The summed E-state index contributed by atoms with van der Waals surface area (Å²) in [4.78, 5) is 12.1. The Morgan fingerprint density at radius 2 is 1.81 bits per heavy atom. The lowest BCUT2D eigenvalue weighted by atomic mass is 9.96. The summed E-state index contributed by atoms with van der Waals surface area (Å²) in [5.41, 5.74) is 1.86. The number of ether oxygens (including phenoxy) is 2. The summed E-state index contributed by atoms with van der Waals surface area (Å²) in [5, 5.41) is 2.94. The molecule has 1 saturated carbocycles. The molecular formula is C21H22FNO3. The summed E-state index contributed by atoms with van der Waals surface area (Å²) in [6, 6.07) is 12.0. The Kier molecular flexibility index (Phi) is 5.26. The van der Waals surface area contributed by atoms with Crippen LogP contribution in [0.3, 0.4) is 0 Å². The Morgan fingerprint density at radius 1 is 1.12 bits per heavy atom. The van der Waals surface area contributed by atoms with Gasteiger partial charge in [-0.1, -0.05) is 18.2 Å². The van der Waals surface area contributed by atoms with E-state index in [1.54, 1.807) is 38.5 Å². The van der Waals surface area contributed by atoms with Gasteiger partial charge in [-0.2, -0.15) is 0 Å². The van der Waals surface area contributed by atoms with Crippen LogP contribution >= 0.6 is 0 Å². The molecule has 0 saturated heterocycles. The van der Waals surface area contributed by atoms with Crippen LogP contribution in [-0.4, -0.2) is 26.7 Å². The van der Waals surface area contributed by atoms with Crippen LogP contribution < -0.4 is 14.8 Å². The predicted octanol–water partition coefficient (Wildman–Crippen LogP) is 3.70. The molecule has 4 nitrogen and oxygen atoms in total. The molecule has 0 atom stereocenters. The van der Waals surface area contributed by atoms with Crippen LogP contribution in [0.2, 0.25) is 0 Å². The Balaban J connectivity index is 1.59. The van der Waals surface area contributed by atoms with Gasteiger partial charge in [-0.3, -0.25) is 4.79 Å². The number of benzene rings is 2. The normalized spacial score (nSPS) is 14.9. The average Bonchev–Trinajstić information content (AvgIpc) is 3.46. The molecular weight excluding hydrogens is 333 g/mol. The summed E-state index contributed by atoms with van der Waals surface area (Å²) >= 11 is 0. The van der Waals surface area contributed by atoms with Crippen LogP contribution in [-0.2, 0) is 10.2 Å². The summed E-state index contributed by atoms with van der Waals surface area (Å²) in [5.74, 6) is 0.854. The average molecular weight is 355 g/mol. The number of nitrogens with one attached hydrogen (secondary N) is 1. The molecule has 1 fully saturated rings. The van der Waals surface area contributed by atoms with Gasteiger partial charge in [-0.15, -0.1) is 0 Å². The molecule has 2 aromatic rings. The molecule has 5 heteroatoms. The van der Waals surface area contributed by atoms with Crippen molar-refractivity contribution in [2.45, 2.75) is 18.3 Å². The van der Waals surface area contributed by atoms with Crippen molar-refractivity contribution in [3.8, 4) is 11.5 Å². The van der Waals surface area contributed by atoms with Crippen molar-refractivity contribution < 1.29 is 18.7 Å². The number of carbonyl (C=O) groups is 1. The van der Waals surface area contributed by atoms with E-state index >= 15 is 0 Å². The molecule has 1 amide bonds. The van der Waals surface area contributed by atoms with Crippen LogP contribution in [0.25, 0.3) is 6.08 Å². The van der Waals surface area contributed by atoms with E-state index in [0.717, 1.165) is 24.0 Å². The minimum absolute atomic E-state index is 0.0550. The summed E-state index contributed by atoms with van der Waals surface area (Å²) < 4.78 is 23.5. The van der Waals surface area contributed by atoms with E-state index in [2.05, 4.69) is 5.32 Å². The zero-order valence-corrected chi connectivity index (χ0v) is 14.9. The Labute approximate surface area is 152 Å².